The minimum atomic E-state index is -0.0750. The second-order valence-electron chi connectivity index (χ2n) is 6.85. The van der Waals surface area contributed by atoms with Crippen LogP contribution in [-0.2, 0) is 4.74 Å². The first-order valence-electron chi connectivity index (χ1n) is 9.56. The van der Waals surface area contributed by atoms with Crippen molar-refractivity contribution in [1.82, 2.24) is 10.3 Å². The van der Waals surface area contributed by atoms with Gasteiger partial charge >= 0.3 is 0 Å². The Morgan fingerprint density at radius 2 is 1.89 bits per heavy atom. The summed E-state index contributed by atoms with van der Waals surface area (Å²) < 4.78 is 5.57. The van der Waals surface area contributed by atoms with Crippen LogP contribution >= 0.6 is 0 Å². The van der Waals surface area contributed by atoms with Crippen LogP contribution in [0.4, 0.5) is 11.5 Å². The number of amides is 1. The molecule has 1 amide bonds. The predicted octanol–water partition coefficient (Wildman–Crippen LogP) is 4.40. The molecule has 1 fully saturated rings. The van der Waals surface area contributed by atoms with Crippen LogP contribution < -0.4 is 10.6 Å². The number of pyridine rings is 1. The lowest BCUT2D eigenvalue weighted by Crippen LogP contribution is -2.31. The van der Waals surface area contributed by atoms with Crippen LogP contribution in [0.5, 0.6) is 0 Å². The van der Waals surface area contributed by atoms with E-state index < -0.39 is 0 Å². The lowest BCUT2D eigenvalue weighted by molar-refractivity contribution is 0.0858. The fraction of sp³-hybridized carbons (Fsp3) is 0.217. The predicted molar refractivity (Wildman–Crippen MR) is 111 cm³/mol. The average molecular weight is 373 g/mol. The van der Waals surface area contributed by atoms with E-state index in [-0.39, 0.29) is 12.0 Å². The van der Waals surface area contributed by atoms with Crippen LogP contribution in [0, 0.1) is 0 Å². The number of carbonyl (C=O) groups is 1. The van der Waals surface area contributed by atoms with Crippen LogP contribution in [0.1, 0.15) is 23.2 Å². The first kappa shape index (κ1) is 18.2. The number of benzene rings is 2. The molecule has 1 aliphatic rings. The Kier molecular flexibility index (Phi) is 5.64. The summed E-state index contributed by atoms with van der Waals surface area (Å²) >= 11 is 0. The Labute approximate surface area is 164 Å². The zero-order valence-corrected chi connectivity index (χ0v) is 15.6. The highest BCUT2D eigenvalue weighted by Gasteiger charge is 2.16. The number of nitrogens with zero attached hydrogens (tertiary/aromatic N) is 1. The van der Waals surface area contributed by atoms with Gasteiger partial charge in [0, 0.05) is 30.6 Å². The Bertz CT molecular complexity index is 937. The Hall–Kier alpha value is -3.18. The first-order chi connectivity index (χ1) is 13.8. The quantitative estimate of drug-likeness (QED) is 0.672. The molecule has 1 unspecified atom stereocenters. The highest BCUT2D eigenvalue weighted by Crippen LogP contribution is 2.24. The molecule has 0 saturated carbocycles. The van der Waals surface area contributed by atoms with Crippen molar-refractivity contribution in [2.75, 3.05) is 18.5 Å². The number of ether oxygens (including phenoxy) is 1. The molecular formula is C23H23N3O2. The molecule has 2 aromatic carbocycles. The van der Waals surface area contributed by atoms with E-state index in [9.17, 15) is 4.79 Å². The third kappa shape index (κ3) is 4.56. The minimum Gasteiger partial charge on any atom is -0.376 e. The van der Waals surface area contributed by atoms with E-state index in [4.69, 9.17) is 4.74 Å². The summed E-state index contributed by atoms with van der Waals surface area (Å²) in [7, 11) is 0. The van der Waals surface area contributed by atoms with Gasteiger partial charge in [0.1, 0.15) is 5.82 Å². The topological polar surface area (TPSA) is 63.2 Å². The molecule has 0 spiro atoms. The van der Waals surface area contributed by atoms with Gasteiger partial charge in [-0.2, -0.15) is 0 Å². The summed E-state index contributed by atoms with van der Waals surface area (Å²) in [6.45, 7) is 1.35. The summed E-state index contributed by atoms with van der Waals surface area (Å²) in [5, 5.41) is 6.27. The molecule has 3 aromatic rings. The summed E-state index contributed by atoms with van der Waals surface area (Å²) in [5.74, 6) is 0.686. The van der Waals surface area contributed by atoms with Crippen molar-refractivity contribution in [3.05, 3.63) is 78.5 Å². The van der Waals surface area contributed by atoms with E-state index in [1.165, 1.54) is 0 Å². The number of hydrogen-bond donors (Lipinski definition) is 2. The third-order valence-electron chi connectivity index (χ3n) is 4.78. The molecule has 0 bridgehead atoms. The van der Waals surface area contributed by atoms with E-state index in [0.29, 0.717) is 12.1 Å². The Morgan fingerprint density at radius 3 is 2.71 bits per heavy atom. The van der Waals surface area contributed by atoms with Gasteiger partial charge in [-0.25, -0.2) is 4.98 Å². The number of anilines is 2. The SMILES string of the molecule is O=C(NCC1CCCO1)c1cccc(-c2ccnc(Nc3ccccc3)c2)c1. The second-order valence-corrected chi connectivity index (χ2v) is 6.85. The number of carbonyl (C=O) groups excluding carboxylic acids is 1. The maximum absolute atomic E-state index is 12.5. The molecule has 0 radical (unpaired) electrons. The van der Waals surface area contributed by atoms with Crippen LogP contribution in [0.25, 0.3) is 11.1 Å². The van der Waals surface area contributed by atoms with E-state index >= 15 is 0 Å². The van der Waals surface area contributed by atoms with Gasteiger partial charge in [-0.05, 0) is 60.4 Å². The molecule has 5 heteroatoms. The lowest BCUT2D eigenvalue weighted by atomic mass is 10.0. The van der Waals surface area contributed by atoms with Gasteiger partial charge in [0.2, 0.25) is 0 Å². The van der Waals surface area contributed by atoms with Gasteiger partial charge in [0.25, 0.3) is 5.91 Å². The highest BCUT2D eigenvalue weighted by atomic mass is 16.5. The van der Waals surface area contributed by atoms with E-state index in [2.05, 4.69) is 15.6 Å². The first-order valence-corrected chi connectivity index (χ1v) is 9.56. The highest BCUT2D eigenvalue weighted by molar-refractivity contribution is 5.95. The van der Waals surface area contributed by atoms with E-state index in [1.807, 2.05) is 66.7 Å². The zero-order chi connectivity index (χ0) is 19.2. The molecule has 2 N–H and O–H groups in total. The number of rotatable bonds is 6. The fourth-order valence-electron chi connectivity index (χ4n) is 3.30. The van der Waals surface area contributed by atoms with Crippen LogP contribution in [-0.4, -0.2) is 30.1 Å². The van der Waals surface area contributed by atoms with Crippen molar-refractivity contribution < 1.29 is 9.53 Å². The van der Waals surface area contributed by atoms with Crippen molar-refractivity contribution in [2.24, 2.45) is 0 Å². The summed E-state index contributed by atoms with van der Waals surface area (Å²) in [6.07, 6.45) is 3.98. The number of hydrogen-bond acceptors (Lipinski definition) is 4. The molecule has 2 heterocycles. The maximum atomic E-state index is 12.5. The molecule has 4 rings (SSSR count). The normalized spacial score (nSPS) is 15.9. The van der Waals surface area contributed by atoms with Crippen molar-refractivity contribution in [2.45, 2.75) is 18.9 Å². The standard InChI is InChI=1S/C23H23N3O2/c27-23(25-16-21-10-5-13-28-21)19-7-4-6-17(14-19)18-11-12-24-22(15-18)26-20-8-2-1-3-9-20/h1-4,6-9,11-12,14-15,21H,5,10,13,16H2,(H,24,26)(H,25,27). The summed E-state index contributed by atoms with van der Waals surface area (Å²) in [5.41, 5.74) is 3.60. The Morgan fingerprint density at radius 1 is 1.04 bits per heavy atom. The monoisotopic (exact) mass is 373 g/mol. The lowest BCUT2D eigenvalue weighted by Gasteiger charge is -2.12. The van der Waals surface area contributed by atoms with Gasteiger partial charge in [-0.1, -0.05) is 30.3 Å². The van der Waals surface area contributed by atoms with Crippen molar-refractivity contribution in [3.63, 3.8) is 0 Å². The maximum Gasteiger partial charge on any atom is 0.251 e. The van der Waals surface area contributed by atoms with Crippen molar-refractivity contribution in [1.29, 1.82) is 0 Å². The molecule has 1 aromatic heterocycles. The summed E-state index contributed by atoms with van der Waals surface area (Å²) in [6, 6.07) is 21.5. The molecule has 1 aliphatic heterocycles. The third-order valence-corrected chi connectivity index (χ3v) is 4.78. The minimum absolute atomic E-state index is 0.0750. The average Bonchev–Trinajstić information content (AvgIpc) is 3.27. The van der Waals surface area contributed by atoms with Gasteiger partial charge in [0.15, 0.2) is 0 Å². The van der Waals surface area contributed by atoms with E-state index in [1.54, 1.807) is 6.20 Å². The van der Waals surface area contributed by atoms with E-state index in [0.717, 1.165) is 42.1 Å². The van der Waals surface area contributed by atoms with Gasteiger partial charge < -0.3 is 15.4 Å². The van der Waals surface area contributed by atoms with Crippen molar-refractivity contribution >= 4 is 17.4 Å². The second kappa shape index (κ2) is 8.67. The van der Waals surface area contributed by atoms with Gasteiger partial charge in [-0.3, -0.25) is 4.79 Å². The largest absolute Gasteiger partial charge is 0.376 e. The molecule has 1 saturated heterocycles. The van der Waals surface area contributed by atoms with Gasteiger partial charge in [-0.15, -0.1) is 0 Å². The molecule has 1 atom stereocenters. The van der Waals surface area contributed by atoms with Crippen molar-refractivity contribution in [3.8, 4) is 11.1 Å². The number of nitrogens with one attached hydrogen (secondary N) is 2. The zero-order valence-electron chi connectivity index (χ0n) is 15.6. The number of para-hydroxylation sites is 1. The molecule has 0 aliphatic carbocycles. The molecule has 5 nitrogen and oxygen atoms in total. The number of aromatic nitrogens is 1. The van der Waals surface area contributed by atoms with Crippen LogP contribution in [0.15, 0.2) is 72.9 Å². The fourth-order valence-corrected chi connectivity index (χ4v) is 3.30. The van der Waals surface area contributed by atoms with Crippen LogP contribution in [0.3, 0.4) is 0 Å². The van der Waals surface area contributed by atoms with Gasteiger partial charge in [0.05, 0.1) is 6.10 Å². The summed E-state index contributed by atoms with van der Waals surface area (Å²) in [4.78, 5) is 16.9. The molecule has 142 valence electrons. The van der Waals surface area contributed by atoms with Crippen LogP contribution in [0.2, 0.25) is 0 Å². The smallest absolute Gasteiger partial charge is 0.251 e. The Balaban J connectivity index is 1.47. The molecule has 28 heavy (non-hydrogen) atoms. The molecular weight excluding hydrogens is 350 g/mol.